The average Bonchev–Trinajstić information content (AvgIpc) is 1.62. The molecule has 2 atom stereocenters. The molecule has 0 bridgehead atoms. The molecular formula is C4H12N2P2. The molecule has 1 aliphatic rings. The number of rotatable bonds is 0. The third-order valence-electron chi connectivity index (χ3n) is 1.09. The second-order valence-corrected chi connectivity index (χ2v) is 4.97. The molecule has 8 heavy (non-hydrogen) atoms. The van der Waals surface area contributed by atoms with E-state index in [0.717, 1.165) is 23.2 Å². The topological polar surface area (TPSA) is 24.1 Å². The lowest BCUT2D eigenvalue weighted by atomic mass is 10.3. The zero-order chi connectivity index (χ0) is 5.66. The lowest BCUT2D eigenvalue weighted by Gasteiger charge is -2.09. The number of hydrogen-bond acceptors (Lipinski definition) is 2. The van der Waals surface area contributed by atoms with Crippen LogP contribution in [0.15, 0.2) is 0 Å². The molecular weight excluding hydrogens is 138 g/mol. The summed E-state index contributed by atoms with van der Waals surface area (Å²) >= 11 is 0. The quantitative estimate of drug-likeness (QED) is 0.504. The highest BCUT2D eigenvalue weighted by molar-refractivity contribution is 8.10. The van der Waals surface area contributed by atoms with Crippen molar-refractivity contribution in [2.24, 2.45) is 0 Å². The third kappa shape index (κ3) is 2.94. The molecule has 0 aliphatic carbocycles. The van der Waals surface area contributed by atoms with Crippen LogP contribution >= 0.6 is 16.7 Å². The van der Waals surface area contributed by atoms with Crippen molar-refractivity contribution in [3.8, 4) is 0 Å². The fraction of sp³-hybridized carbons (Fsp3) is 1.00. The van der Waals surface area contributed by atoms with E-state index < -0.39 is 0 Å². The van der Waals surface area contributed by atoms with Crippen LogP contribution in [0.25, 0.3) is 0 Å². The maximum atomic E-state index is 3.18. The second kappa shape index (κ2) is 4.64. The first kappa shape index (κ1) is 6.89. The van der Waals surface area contributed by atoms with E-state index in [9.17, 15) is 0 Å². The van der Waals surface area contributed by atoms with E-state index in [4.69, 9.17) is 0 Å². The van der Waals surface area contributed by atoms with Crippen LogP contribution in [0.3, 0.4) is 0 Å². The average molecular weight is 150 g/mol. The third-order valence-corrected chi connectivity index (χ3v) is 3.83. The van der Waals surface area contributed by atoms with Crippen LogP contribution in [-0.2, 0) is 0 Å². The summed E-state index contributed by atoms with van der Waals surface area (Å²) in [5.41, 5.74) is 3.16. The van der Waals surface area contributed by atoms with E-state index in [1.54, 1.807) is 0 Å². The van der Waals surface area contributed by atoms with Crippen molar-refractivity contribution in [1.29, 1.82) is 0 Å². The van der Waals surface area contributed by atoms with Crippen molar-refractivity contribution in [3.05, 3.63) is 0 Å². The minimum absolute atomic E-state index is 0.957. The van der Waals surface area contributed by atoms with Gasteiger partial charge in [-0.15, -0.1) is 0 Å². The summed E-state index contributed by atoms with van der Waals surface area (Å²) in [5, 5.41) is 3.18. The van der Waals surface area contributed by atoms with Gasteiger partial charge in [0.2, 0.25) is 0 Å². The molecule has 0 aromatic carbocycles. The summed E-state index contributed by atoms with van der Waals surface area (Å²) in [6.45, 7) is 1.15. The number of hydrogen-bond donors (Lipinski definition) is 2. The lowest BCUT2D eigenvalue weighted by molar-refractivity contribution is 0.632. The molecule has 0 aromatic heterocycles. The number of nitrogens with one attached hydrogen (secondary N) is 2. The van der Waals surface area contributed by atoms with Crippen molar-refractivity contribution in [1.82, 2.24) is 10.6 Å². The normalized spacial score (nSPS) is 30.0. The summed E-state index contributed by atoms with van der Waals surface area (Å²) in [5.74, 6) is 0. The molecule has 2 N–H and O–H groups in total. The minimum atomic E-state index is 0.957. The van der Waals surface area contributed by atoms with E-state index >= 15 is 0 Å². The van der Waals surface area contributed by atoms with Gasteiger partial charge in [0.1, 0.15) is 0 Å². The molecule has 0 spiro atoms. The van der Waals surface area contributed by atoms with Gasteiger partial charge in [-0.1, -0.05) is 8.27 Å². The monoisotopic (exact) mass is 150 g/mol. The molecule has 0 aromatic rings. The predicted molar refractivity (Wildman–Crippen MR) is 41.9 cm³/mol. The van der Waals surface area contributed by atoms with Crippen molar-refractivity contribution in [3.63, 3.8) is 0 Å². The molecule has 1 saturated heterocycles. The summed E-state index contributed by atoms with van der Waals surface area (Å²) < 4.78 is 0. The molecule has 0 amide bonds. The van der Waals surface area contributed by atoms with Gasteiger partial charge in [0, 0.05) is 6.54 Å². The molecule has 1 rings (SSSR count). The molecule has 1 fully saturated rings. The minimum Gasteiger partial charge on any atom is -0.254 e. The Hall–Kier alpha value is 0.780. The summed E-state index contributed by atoms with van der Waals surface area (Å²) in [6.07, 6.45) is 4.19. The van der Waals surface area contributed by atoms with E-state index in [1.807, 2.05) is 0 Å². The molecule has 2 nitrogen and oxygen atoms in total. The van der Waals surface area contributed by atoms with Gasteiger partial charge in [0.05, 0.1) is 0 Å². The molecule has 0 radical (unpaired) electrons. The van der Waals surface area contributed by atoms with E-state index in [1.165, 1.54) is 19.0 Å². The van der Waals surface area contributed by atoms with Crippen molar-refractivity contribution in [2.45, 2.75) is 12.8 Å². The molecule has 2 unspecified atom stereocenters. The lowest BCUT2D eigenvalue weighted by Crippen LogP contribution is -2.25. The van der Waals surface area contributed by atoms with Crippen LogP contribution in [0.5, 0.6) is 0 Å². The Bertz CT molecular complexity index is 36.0. The van der Waals surface area contributed by atoms with Gasteiger partial charge in [0.15, 0.2) is 0 Å². The van der Waals surface area contributed by atoms with Gasteiger partial charge in [0.25, 0.3) is 0 Å². The van der Waals surface area contributed by atoms with Crippen LogP contribution < -0.4 is 10.6 Å². The Kier molecular flexibility index (Phi) is 4.00. The van der Waals surface area contributed by atoms with Crippen LogP contribution in [-0.4, -0.2) is 12.7 Å². The second-order valence-electron chi connectivity index (χ2n) is 1.81. The highest BCUT2D eigenvalue weighted by atomic mass is 32.0. The number of hydrazine groups is 1. The standard InChI is InChI=1S/C4H12N2P2/c1-2-4-7-8-6-5-3-1/h5-8H,1-4H2. The maximum Gasteiger partial charge on any atom is 0.0103 e. The van der Waals surface area contributed by atoms with E-state index in [0.29, 0.717) is 0 Å². The molecule has 1 heterocycles. The smallest absolute Gasteiger partial charge is 0.0103 e. The van der Waals surface area contributed by atoms with Gasteiger partial charge in [-0.05, 0) is 27.4 Å². The molecule has 48 valence electrons. The van der Waals surface area contributed by atoms with Crippen LogP contribution in [0.2, 0.25) is 0 Å². The highest BCUT2D eigenvalue weighted by Gasteiger charge is 1.93. The van der Waals surface area contributed by atoms with E-state index in [-0.39, 0.29) is 0 Å². The van der Waals surface area contributed by atoms with Gasteiger partial charge < -0.3 is 0 Å². The molecule has 1 aliphatic heterocycles. The van der Waals surface area contributed by atoms with Crippen molar-refractivity contribution >= 4 is 16.7 Å². The van der Waals surface area contributed by atoms with Crippen LogP contribution in [0.4, 0.5) is 0 Å². The van der Waals surface area contributed by atoms with Crippen LogP contribution in [0, 0.1) is 0 Å². The Morgan fingerprint density at radius 1 is 1.25 bits per heavy atom. The van der Waals surface area contributed by atoms with Gasteiger partial charge in [-0.3, -0.25) is 5.43 Å². The fourth-order valence-electron chi connectivity index (χ4n) is 0.640. The predicted octanol–water partition coefficient (Wildman–Crippen LogP) is 1.06. The summed E-state index contributed by atoms with van der Waals surface area (Å²) in [6, 6.07) is 0. The SMILES string of the molecule is C1CCPPNNC1. The first-order valence-corrected chi connectivity index (χ1v) is 6.16. The zero-order valence-electron chi connectivity index (χ0n) is 4.83. The first-order valence-electron chi connectivity index (χ1n) is 2.96. The van der Waals surface area contributed by atoms with Crippen molar-refractivity contribution < 1.29 is 0 Å². The highest BCUT2D eigenvalue weighted by Crippen LogP contribution is 2.33. The van der Waals surface area contributed by atoms with Crippen molar-refractivity contribution in [2.75, 3.05) is 12.7 Å². The van der Waals surface area contributed by atoms with Gasteiger partial charge in [-0.25, -0.2) is 5.20 Å². The molecule has 4 heteroatoms. The van der Waals surface area contributed by atoms with Gasteiger partial charge in [-0.2, -0.15) is 0 Å². The zero-order valence-corrected chi connectivity index (χ0v) is 6.83. The largest absolute Gasteiger partial charge is 0.254 e. The van der Waals surface area contributed by atoms with E-state index in [2.05, 4.69) is 10.6 Å². The fourth-order valence-corrected chi connectivity index (χ4v) is 2.93. The summed E-state index contributed by atoms with van der Waals surface area (Å²) in [4.78, 5) is 0. The Morgan fingerprint density at radius 2 is 2.25 bits per heavy atom. The Labute approximate surface area is 53.7 Å². The molecule has 0 saturated carbocycles. The Balaban J connectivity index is 2.00. The maximum absolute atomic E-state index is 3.18. The van der Waals surface area contributed by atoms with Crippen LogP contribution in [0.1, 0.15) is 12.8 Å². The Morgan fingerprint density at radius 3 is 3.25 bits per heavy atom. The van der Waals surface area contributed by atoms with Gasteiger partial charge >= 0.3 is 0 Å². The summed E-state index contributed by atoms with van der Waals surface area (Å²) in [7, 11) is 2.10. The first-order chi connectivity index (χ1) is 4.00.